The summed E-state index contributed by atoms with van der Waals surface area (Å²) in [6.07, 6.45) is 41.3. The minimum absolute atomic E-state index is 0.601. The first-order valence-corrected chi connectivity index (χ1v) is 44.8. The van der Waals surface area contributed by atoms with Gasteiger partial charge in [0.15, 0.2) is 39.1 Å². The molecule has 0 aliphatic carbocycles. The van der Waals surface area contributed by atoms with E-state index >= 15 is 0 Å². The van der Waals surface area contributed by atoms with Crippen LogP contribution in [0.1, 0.15) is 0 Å². The van der Waals surface area contributed by atoms with E-state index in [4.69, 9.17) is 48.6 Å². The van der Waals surface area contributed by atoms with Crippen LogP contribution in [0.3, 0.4) is 0 Å². The summed E-state index contributed by atoms with van der Waals surface area (Å²) >= 11 is 0. The van der Waals surface area contributed by atoms with Gasteiger partial charge in [-0.3, -0.25) is 44.9 Å². The summed E-state index contributed by atoms with van der Waals surface area (Å²) in [5.74, 6) is 0. The molecule has 0 saturated heterocycles. The third kappa shape index (κ3) is 18.1. The molecule has 0 unspecified atom stereocenters. The maximum absolute atomic E-state index is 5.61. The standard InChI is InChI=1S/4C11H7NO.7C10H6N2O/c1-2-6-10-8(4-1)9-5-3-7-12-11(9)13-10;1-2-5-9-8(4-1)11-10(13-9)6-3-7-12-11;1-2-4-10-8(3-1)9-7-12-6-5-11(9)13-10;1-2-4-10-8(3-1)9-5-6-12-7-11(9)13-10;1-3-11-5-7-8-6-12-4-2-10(8)13-9(1)7;1-3-11-5-9-7(1)8-2-4-12-6-10(8)13-9;1-3-7-9(11-5-1)10-8(13-7)4-2-6-12-10;1-3-7-8-4-2-6-12-10(8)13-9(7)11-5-1;1-2-4-9-7(3-1)8-5-11-6-12-10(8)13-9;1-2-4-8-7(3-1)10-9(13-8)5-11-6-12-10;1-2-4-8-7(3-1)9-10(13-8)12-6-5-11-9/h4*1-7H;7*1-6H. The van der Waals surface area contributed by atoms with Gasteiger partial charge in [-0.2, -0.15) is 0 Å². The van der Waals surface area contributed by atoms with Crippen LogP contribution in [0.2, 0.25) is 0 Å². The van der Waals surface area contributed by atoms with Crippen molar-refractivity contribution in [2.24, 2.45) is 0 Å². The molecule has 7 aromatic carbocycles. The second-order valence-electron chi connectivity index (χ2n) is 31.6. The first kappa shape index (κ1) is 86.5. The highest BCUT2D eigenvalue weighted by Crippen LogP contribution is 2.36. The second kappa shape index (κ2) is 39.7. The minimum atomic E-state index is 0.601. The maximum atomic E-state index is 5.61. The minimum Gasteiger partial charge on any atom is -0.456 e. The van der Waals surface area contributed by atoms with Crippen LogP contribution in [0.4, 0.5) is 0 Å². The molecular formula is C114H70N18O11. The zero-order valence-corrected chi connectivity index (χ0v) is 75.0. The van der Waals surface area contributed by atoms with Crippen molar-refractivity contribution >= 4 is 243 Å². The van der Waals surface area contributed by atoms with Gasteiger partial charge in [0.05, 0.1) is 30.2 Å². The van der Waals surface area contributed by atoms with E-state index in [1.165, 1.54) is 12.7 Å². The van der Waals surface area contributed by atoms with E-state index in [0.717, 1.165) is 214 Å². The van der Waals surface area contributed by atoms with Crippen molar-refractivity contribution < 1.29 is 48.6 Å². The molecular weight excluding hydrogens is 1800 g/mol. The molecule has 26 heterocycles. The summed E-state index contributed by atoms with van der Waals surface area (Å²) in [6, 6.07) is 89.8. The van der Waals surface area contributed by atoms with Gasteiger partial charge >= 0.3 is 0 Å². The molecule has 0 spiro atoms. The normalized spacial score (nSPS) is 11.1. The van der Waals surface area contributed by atoms with Gasteiger partial charge in [-0.15, -0.1) is 0 Å². The first-order valence-electron chi connectivity index (χ1n) is 44.8. The van der Waals surface area contributed by atoms with Crippen LogP contribution in [0.15, 0.2) is 477 Å². The number of pyridine rings is 12. The molecule has 0 N–H and O–H groups in total. The van der Waals surface area contributed by atoms with Gasteiger partial charge in [0.25, 0.3) is 0 Å². The van der Waals surface area contributed by atoms with Crippen LogP contribution < -0.4 is 0 Å². The fraction of sp³-hybridized carbons (Fsp3) is 0. The molecule has 26 aromatic heterocycles. The maximum Gasteiger partial charge on any atom is 0.246 e. The molecule has 143 heavy (non-hydrogen) atoms. The molecule has 33 rings (SSSR count). The number of para-hydroxylation sites is 7. The average molecular weight is 1870 g/mol. The quantitative estimate of drug-likeness (QED) is 0.136. The van der Waals surface area contributed by atoms with E-state index in [9.17, 15) is 0 Å². The Labute approximate surface area is 804 Å². The van der Waals surface area contributed by atoms with E-state index in [1.54, 1.807) is 130 Å². The number of aromatic nitrogens is 18. The van der Waals surface area contributed by atoms with E-state index in [2.05, 4.69) is 95.8 Å². The summed E-state index contributed by atoms with van der Waals surface area (Å²) in [5.41, 5.74) is 22.0. The summed E-state index contributed by atoms with van der Waals surface area (Å²) in [4.78, 5) is 73.6. The first-order chi connectivity index (χ1) is 70.9. The fourth-order valence-electron chi connectivity index (χ4n) is 16.4. The van der Waals surface area contributed by atoms with Crippen molar-refractivity contribution in [3.8, 4) is 0 Å². The number of benzene rings is 7. The zero-order valence-electron chi connectivity index (χ0n) is 75.0. The Kier molecular flexibility index (Phi) is 24.0. The van der Waals surface area contributed by atoms with Crippen LogP contribution in [-0.2, 0) is 0 Å². The van der Waals surface area contributed by atoms with Crippen molar-refractivity contribution in [3.05, 3.63) is 428 Å². The van der Waals surface area contributed by atoms with E-state index in [1.807, 2.05) is 279 Å². The molecule has 0 bridgehead atoms. The number of nitrogens with zero attached hydrogens (tertiary/aromatic N) is 18. The molecule has 29 heteroatoms. The Hall–Kier alpha value is -20.6. The van der Waals surface area contributed by atoms with Gasteiger partial charge in [-0.1, -0.05) is 109 Å². The van der Waals surface area contributed by atoms with Crippen molar-refractivity contribution in [2.75, 3.05) is 0 Å². The number of hydrogen-bond donors (Lipinski definition) is 0. The van der Waals surface area contributed by atoms with E-state index < -0.39 is 0 Å². The number of hydrogen-bond acceptors (Lipinski definition) is 29. The highest BCUT2D eigenvalue weighted by Gasteiger charge is 2.16. The highest BCUT2D eigenvalue weighted by atomic mass is 16.4. The van der Waals surface area contributed by atoms with Crippen LogP contribution in [0.5, 0.6) is 0 Å². The Morgan fingerprint density at radius 2 is 0.357 bits per heavy atom. The lowest BCUT2D eigenvalue weighted by molar-refractivity contribution is 0.640. The summed E-state index contributed by atoms with van der Waals surface area (Å²) < 4.78 is 60.9. The van der Waals surface area contributed by atoms with Crippen molar-refractivity contribution in [1.29, 1.82) is 0 Å². The van der Waals surface area contributed by atoms with Crippen LogP contribution in [0.25, 0.3) is 243 Å². The molecule has 0 saturated carbocycles. The van der Waals surface area contributed by atoms with Gasteiger partial charge in [0.1, 0.15) is 96.1 Å². The van der Waals surface area contributed by atoms with Crippen LogP contribution >= 0.6 is 0 Å². The summed E-state index contributed by atoms with van der Waals surface area (Å²) in [5, 5.41) is 18.1. The predicted octanol–water partition coefficient (Wildman–Crippen LogP) is 28.6. The molecule has 0 aliphatic rings. The zero-order chi connectivity index (χ0) is 95.4. The molecule has 0 aliphatic heterocycles. The lowest BCUT2D eigenvalue weighted by atomic mass is 10.2. The Morgan fingerprint density at radius 1 is 0.112 bits per heavy atom. The molecule has 0 radical (unpaired) electrons. The van der Waals surface area contributed by atoms with Crippen LogP contribution in [0, 0.1) is 0 Å². The Balaban J connectivity index is 0.0000000873. The number of fused-ring (bicyclic) bond motifs is 33. The Morgan fingerprint density at radius 3 is 0.860 bits per heavy atom. The molecule has 0 amide bonds. The lowest BCUT2D eigenvalue weighted by Gasteiger charge is -1.84. The van der Waals surface area contributed by atoms with E-state index in [-0.39, 0.29) is 0 Å². The monoisotopic (exact) mass is 1870 g/mol. The fourth-order valence-corrected chi connectivity index (χ4v) is 16.4. The highest BCUT2D eigenvalue weighted by molar-refractivity contribution is 6.10. The molecule has 682 valence electrons. The van der Waals surface area contributed by atoms with Crippen molar-refractivity contribution in [3.63, 3.8) is 0 Å². The van der Waals surface area contributed by atoms with Gasteiger partial charge in [-0.25, -0.2) is 44.9 Å². The van der Waals surface area contributed by atoms with Gasteiger partial charge in [0.2, 0.25) is 28.6 Å². The lowest BCUT2D eigenvalue weighted by Crippen LogP contribution is -1.74. The topological polar surface area (TPSA) is 377 Å². The van der Waals surface area contributed by atoms with Crippen LogP contribution in [-0.4, -0.2) is 89.7 Å². The predicted molar refractivity (Wildman–Crippen MR) is 551 cm³/mol. The average Bonchev–Trinajstić information content (AvgIpc) is 1.73. The Bertz CT molecular complexity index is 7730. The largest absolute Gasteiger partial charge is 0.456 e. The number of rotatable bonds is 0. The smallest absolute Gasteiger partial charge is 0.246 e. The molecule has 0 atom stereocenters. The van der Waals surface area contributed by atoms with Crippen molar-refractivity contribution in [2.45, 2.75) is 0 Å². The summed E-state index contributed by atoms with van der Waals surface area (Å²) in [6.45, 7) is 0. The van der Waals surface area contributed by atoms with Crippen molar-refractivity contribution in [1.82, 2.24) is 89.7 Å². The molecule has 33 aromatic rings. The molecule has 29 nitrogen and oxygen atoms in total. The third-order valence-electron chi connectivity index (χ3n) is 22.9. The number of furan rings is 11. The second-order valence-corrected chi connectivity index (χ2v) is 31.6. The SMILES string of the molecule is c1cc2c(cn1)oc1cnccc12.c1cc2oc3ccncc3c2cn1.c1ccc2c(c1)oc1cccnc12.c1ccc2c(c1)oc1ccncc12.c1ccc2c(c1)oc1cnccc12.c1ccc2c(c1)oc1cncnc12.c1ccc2c(c1)oc1ncccc12.c1ccc2c(c1)oc1nccnc12.c1ccc2c(c1)oc1ncncc12.c1cnc2c(c1)oc1cccnc12.c1cnc2oc3ncccc3c2c1. The van der Waals surface area contributed by atoms with E-state index in [0.29, 0.717) is 28.6 Å². The van der Waals surface area contributed by atoms with Gasteiger partial charge < -0.3 is 48.6 Å². The molecule has 0 fully saturated rings. The van der Waals surface area contributed by atoms with Gasteiger partial charge in [-0.05, 0) is 170 Å². The van der Waals surface area contributed by atoms with Gasteiger partial charge in [0, 0.05) is 198 Å². The summed E-state index contributed by atoms with van der Waals surface area (Å²) in [7, 11) is 0. The third-order valence-corrected chi connectivity index (χ3v) is 22.9.